The first-order chi connectivity index (χ1) is 11.8. The number of nitrogens with two attached hydrogens (primary N) is 1. The summed E-state index contributed by atoms with van der Waals surface area (Å²) in [7, 11) is 0. The summed E-state index contributed by atoms with van der Waals surface area (Å²) in [5.74, 6) is -3.02. The second-order valence-corrected chi connectivity index (χ2v) is 6.73. The summed E-state index contributed by atoms with van der Waals surface area (Å²) in [6.07, 6.45) is 0. The number of carbonyl (C=O) groups excluding carboxylic acids is 1. The highest BCUT2D eigenvalue weighted by Gasteiger charge is 2.62. The van der Waals surface area contributed by atoms with Crippen LogP contribution in [0.1, 0.15) is 52.7 Å². The van der Waals surface area contributed by atoms with E-state index in [0.717, 1.165) is 5.56 Å². The van der Waals surface area contributed by atoms with E-state index in [-0.39, 0.29) is 28.4 Å². The average molecular weight is 340 g/mol. The van der Waals surface area contributed by atoms with Crippen molar-refractivity contribution >= 4 is 17.2 Å². The van der Waals surface area contributed by atoms with Gasteiger partial charge in [0.1, 0.15) is 17.2 Å². The molecule has 2 unspecified atom stereocenters. The molecule has 7 nitrogen and oxygen atoms in total. The van der Waals surface area contributed by atoms with Crippen molar-refractivity contribution in [3.63, 3.8) is 0 Å². The van der Waals surface area contributed by atoms with Crippen molar-refractivity contribution in [1.29, 1.82) is 0 Å². The number of nitro groups is 1. The molecule has 0 spiro atoms. The zero-order chi connectivity index (χ0) is 18.1. The van der Waals surface area contributed by atoms with Gasteiger partial charge in [-0.3, -0.25) is 14.9 Å². The average Bonchev–Trinajstić information content (AvgIpc) is 2.96. The fraction of sp³-hybridized carbons (Fsp3) is 0.278. The molecule has 25 heavy (non-hydrogen) atoms. The molecule has 7 heteroatoms. The lowest BCUT2D eigenvalue weighted by molar-refractivity contribution is -0.387. The lowest BCUT2D eigenvalue weighted by Gasteiger charge is -2.22. The van der Waals surface area contributed by atoms with Crippen molar-refractivity contribution in [3.8, 4) is 5.75 Å². The SMILES string of the molecule is CC(C)c1ccc2c(c1)OC1(O)c3c([N+](=O)[O-])ccc(N)c3C(=O)C21. The third-order valence-electron chi connectivity index (χ3n) is 4.95. The number of benzene rings is 2. The molecule has 0 radical (unpaired) electrons. The molecule has 0 saturated carbocycles. The van der Waals surface area contributed by atoms with Crippen LogP contribution in [0.5, 0.6) is 5.75 Å². The van der Waals surface area contributed by atoms with Crippen molar-refractivity contribution in [2.75, 3.05) is 5.73 Å². The van der Waals surface area contributed by atoms with Gasteiger partial charge in [-0.25, -0.2) is 0 Å². The minimum absolute atomic E-state index is 0.0275. The molecular weight excluding hydrogens is 324 g/mol. The lowest BCUT2D eigenvalue weighted by Crippen LogP contribution is -2.33. The Kier molecular flexibility index (Phi) is 2.99. The van der Waals surface area contributed by atoms with Crippen LogP contribution >= 0.6 is 0 Å². The molecular formula is C18H16N2O5. The van der Waals surface area contributed by atoms with Gasteiger partial charge >= 0.3 is 0 Å². The number of anilines is 1. The van der Waals surface area contributed by atoms with Crippen LogP contribution in [-0.2, 0) is 5.79 Å². The molecule has 2 atom stereocenters. The molecule has 1 heterocycles. The van der Waals surface area contributed by atoms with Crippen molar-refractivity contribution in [1.82, 2.24) is 0 Å². The van der Waals surface area contributed by atoms with Gasteiger partial charge in [-0.15, -0.1) is 0 Å². The van der Waals surface area contributed by atoms with Crippen LogP contribution in [-0.4, -0.2) is 15.8 Å². The Morgan fingerprint density at radius 3 is 2.68 bits per heavy atom. The first kappa shape index (κ1) is 15.6. The number of aliphatic hydroxyl groups is 1. The molecule has 1 aliphatic heterocycles. The summed E-state index contributed by atoms with van der Waals surface area (Å²) in [6, 6.07) is 7.86. The highest BCUT2D eigenvalue weighted by molar-refractivity contribution is 6.12. The van der Waals surface area contributed by atoms with Gasteiger partial charge in [0, 0.05) is 17.3 Å². The van der Waals surface area contributed by atoms with E-state index in [1.54, 1.807) is 12.1 Å². The number of ether oxygens (including phenoxy) is 1. The fourth-order valence-electron chi connectivity index (χ4n) is 3.72. The van der Waals surface area contributed by atoms with Gasteiger partial charge in [0.15, 0.2) is 5.78 Å². The summed E-state index contributed by atoms with van der Waals surface area (Å²) < 4.78 is 5.73. The van der Waals surface area contributed by atoms with Crippen LogP contribution in [0.15, 0.2) is 30.3 Å². The molecule has 0 fully saturated rings. The minimum atomic E-state index is -2.11. The number of Topliss-reactive ketones (excluding diaryl/α,β-unsaturated/α-hetero) is 1. The lowest BCUT2D eigenvalue weighted by atomic mass is 9.90. The number of fused-ring (bicyclic) bond motifs is 5. The quantitative estimate of drug-likeness (QED) is 0.493. The van der Waals surface area contributed by atoms with Crippen LogP contribution in [0, 0.1) is 10.1 Å². The molecule has 0 saturated heterocycles. The Hall–Kier alpha value is -2.93. The van der Waals surface area contributed by atoms with Gasteiger partial charge in [-0.1, -0.05) is 26.0 Å². The first-order valence-electron chi connectivity index (χ1n) is 7.92. The van der Waals surface area contributed by atoms with Gasteiger partial charge in [0.05, 0.1) is 10.5 Å². The molecule has 2 aliphatic rings. The number of carbonyl (C=O) groups is 1. The Morgan fingerprint density at radius 1 is 1.32 bits per heavy atom. The van der Waals surface area contributed by atoms with Gasteiger partial charge in [-0.2, -0.15) is 0 Å². The van der Waals surface area contributed by atoms with E-state index in [0.29, 0.717) is 11.3 Å². The topological polar surface area (TPSA) is 116 Å². The summed E-state index contributed by atoms with van der Waals surface area (Å²) in [5.41, 5.74) is 6.90. The van der Waals surface area contributed by atoms with E-state index in [1.165, 1.54) is 12.1 Å². The van der Waals surface area contributed by atoms with E-state index in [1.807, 2.05) is 19.9 Å². The molecule has 4 rings (SSSR count). The maximum Gasteiger partial charge on any atom is 0.280 e. The van der Waals surface area contributed by atoms with Crippen molar-refractivity contribution in [3.05, 3.63) is 62.7 Å². The van der Waals surface area contributed by atoms with E-state index in [2.05, 4.69) is 0 Å². The van der Waals surface area contributed by atoms with Gasteiger partial charge < -0.3 is 15.6 Å². The summed E-state index contributed by atoms with van der Waals surface area (Å²) in [6.45, 7) is 4.02. The van der Waals surface area contributed by atoms with E-state index in [4.69, 9.17) is 10.5 Å². The zero-order valence-electron chi connectivity index (χ0n) is 13.6. The molecule has 128 valence electrons. The Bertz CT molecular complexity index is 953. The highest BCUT2D eigenvalue weighted by Crippen LogP contribution is 2.58. The Balaban J connectivity index is 1.96. The first-order valence-corrected chi connectivity index (χ1v) is 7.92. The van der Waals surface area contributed by atoms with Crippen LogP contribution in [0.25, 0.3) is 0 Å². The molecule has 2 aromatic carbocycles. The number of nitrogen functional groups attached to an aromatic ring is 1. The van der Waals surface area contributed by atoms with Crippen molar-refractivity contribution in [2.24, 2.45) is 0 Å². The van der Waals surface area contributed by atoms with Crippen LogP contribution in [0.4, 0.5) is 11.4 Å². The highest BCUT2D eigenvalue weighted by atomic mass is 16.6. The smallest absolute Gasteiger partial charge is 0.280 e. The number of hydrogen-bond acceptors (Lipinski definition) is 6. The molecule has 0 aromatic heterocycles. The predicted molar refractivity (Wildman–Crippen MR) is 89.6 cm³/mol. The van der Waals surface area contributed by atoms with E-state index >= 15 is 0 Å². The van der Waals surface area contributed by atoms with E-state index in [9.17, 15) is 20.0 Å². The number of nitrogens with zero attached hydrogens (tertiary/aromatic N) is 1. The summed E-state index contributed by atoms with van der Waals surface area (Å²) in [4.78, 5) is 23.7. The maximum atomic E-state index is 12.9. The van der Waals surface area contributed by atoms with E-state index < -0.39 is 22.4 Å². The molecule has 0 amide bonds. The van der Waals surface area contributed by atoms with Crippen LogP contribution < -0.4 is 10.5 Å². The molecule has 1 aliphatic carbocycles. The largest absolute Gasteiger partial charge is 0.456 e. The predicted octanol–water partition coefficient (Wildman–Crippen LogP) is 2.82. The standard InChI is InChI=1S/C18H16N2O5/c1-8(2)9-3-4-10-13(7-9)25-18(22)15(10)17(21)14-11(19)5-6-12(16(14)18)20(23)24/h3-8,15,22H,19H2,1-2H3. The van der Waals surface area contributed by atoms with Crippen molar-refractivity contribution in [2.45, 2.75) is 31.5 Å². The molecule has 0 bridgehead atoms. The van der Waals surface area contributed by atoms with Crippen LogP contribution in [0.2, 0.25) is 0 Å². The van der Waals surface area contributed by atoms with Crippen molar-refractivity contribution < 1.29 is 19.6 Å². The number of ketones is 1. The molecule has 2 aromatic rings. The number of rotatable bonds is 2. The summed E-state index contributed by atoms with van der Waals surface area (Å²) in [5, 5.41) is 22.6. The maximum absolute atomic E-state index is 12.9. The van der Waals surface area contributed by atoms with Gasteiger partial charge in [0.25, 0.3) is 11.5 Å². The van der Waals surface area contributed by atoms with Crippen LogP contribution in [0.3, 0.4) is 0 Å². The number of hydrogen-bond donors (Lipinski definition) is 2. The van der Waals surface area contributed by atoms with Gasteiger partial charge in [0.2, 0.25) is 0 Å². The number of nitro benzene ring substituents is 1. The second-order valence-electron chi connectivity index (χ2n) is 6.73. The molecule has 3 N–H and O–H groups in total. The second kappa shape index (κ2) is 4.80. The Labute approximate surface area is 143 Å². The Morgan fingerprint density at radius 2 is 2.04 bits per heavy atom. The third-order valence-corrected chi connectivity index (χ3v) is 4.95. The summed E-state index contributed by atoms with van der Waals surface area (Å²) >= 11 is 0. The monoisotopic (exact) mass is 340 g/mol. The third kappa shape index (κ3) is 1.87. The fourth-order valence-corrected chi connectivity index (χ4v) is 3.72. The normalized spacial score (nSPS) is 23.2. The minimum Gasteiger partial charge on any atom is -0.456 e. The van der Waals surface area contributed by atoms with Gasteiger partial charge in [-0.05, 0) is 23.6 Å². The zero-order valence-corrected chi connectivity index (χ0v) is 13.6.